The van der Waals surface area contributed by atoms with Crippen molar-refractivity contribution in [1.82, 2.24) is 0 Å². The van der Waals surface area contributed by atoms with Crippen LogP contribution < -0.4 is 5.22 Å². The summed E-state index contributed by atoms with van der Waals surface area (Å²) in [6.07, 6.45) is 2.47. The summed E-state index contributed by atoms with van der Waals surface area (Å²) in [5.74, 6) is 0. The van der Waals surface area contributed by atoms with Crippen LogP contribution in [-0.2, 0) is 0 Å². The quantitative estimate of drug-likeness (QED) is 0.582. The summed E-state index contributed by atoms with van der Waals surface area (Å²) < 4.78 is 3.53. The molecule has 0 saturated carbocycles. The van der Waals surface area contributed by atoms with Crippen LogP contribution in [-0.4, -0.2) is 38.6 Å². The van der Waals surface area contributed by atoms with Crippen molar-refractivity contribution >= 4 is 43.1 Å². The van der Waals surface area contributed by atoms with Gasteiger partial charge in [-0.05, 0) is 0 Å². The van der Waals surface area contributed by atoms with E-state index in [-0.39, 0.29) is 0 Å². The van der Waals surface area contributed by atoms with E-state index in [9.17, 15) is 0 Å². The standard InChI is InChI=1S/C8H5Se2Si/c1-3-10-8-5(1)7-6(11-8)2-4-9-7/h1-3H,4H2. The maximum atomic E-state index is 2.47. The molecule has 0 bridgehead atoms. The van der Waals surface area contributed by atoms with Crippen molar-refractivity contribution < 1.29 is 0 Å². The summed E-state index contributed by atoms with van der Waals surface area (Å²) in [5, 5.41) is 4.73. The Morgan fingerprint density at radius 3 is 3.45 bits per heavy atom. The number of hydrogen-bond acceptors (Lipinski definition) is 0. The van der Waals surface area contributed by atoms with Gasteiger partial charge in [-0.15, -0.1) is 0 Å². The van der Waals surface area contributed by atoms with Gasteiger partial charge < -0.3 is 0 Å². The van der Waals surface area contributed by atoms with E-state index < -0.39 is 0 Å². The fourth-order valence-electron chi connectivity index (χ4n) is 1.42. The molecule has 1 radical (unpaired) electrons. The third-order valence-corrected chi connectivity index (χ3v) is 8.55. The van der Waals surface area contributed by atoms with E-state index >= 15 is 0 Å². The zero-order chi connectivity index (χ0) is 7.26. The molecule has 3 heteroatoms. The minimum atomic E-state index is 0.724. The van der Waals surface area contributed by atoms with Gasteiger partial charge in [0, 0.05) is 0 Å². The average Bonchev–Trinajstić information content (AvgIpc) is 2.52. The van der Waals surface area contributed by atoms with Gasteiger partial charge in [0.15, 0.2) is 0 Å². The van der Waals surface area contributed by atoms with Gasteiger partial charge in [0.25, 0.3) is 0 Å². The number of fused-ring (bicyclic) bond motifs is 2. The molecule has 0 N–H and O–H groups in total. The molecule has 0 atom stereocenters. The first kappa shape index (κ1) is 6.82. The van der Waals surface area contributed by atoms with Crippen LogP contribution >= 0.6 is 0 Å². The zero-order valence-electron chi connectivity index (χ0n) is 5.76. The van der Waals surface area contributed by atoms with E-state index in [4.69, 9.17) is 0 Å². The van der Waals surface area contributed by atoms with Gasteiger partial charge in [0.05, 0.1) is 0 Å². The number of hydrogen-bond donors (Lipinski definition) is 0. The van der Waals surface area contributed by atoms with Crippen molar-refractivity contribution in [2.75, 3.05) is 0 Å². The Balaban J connectivity index is 2.55. The van der Waals surface area contributed by atoms with E-state index in [1.807, 2.05) is 0 Å². The molecule has 53 valence electrons. The summed E-state index contributed by atoms with van der Waals surface area (Å²) in [7, 11) is 1.06. The molecular formula is C8H5Se2Si. The second-order valence-electron chi connectivity index (χ2n) is 2.55. The van der Waals surface area contributed by atoms with Gasteiger partial charge in [0.2, 0.25) is 0 Å². The Morgan fingerprint density at radius 2 is 2.45 bits per heavy atom. The first-order valence-corrected chi connectivity index (χ1v) is 8.41. The summed E-state index contributed by atoms with van der Waals surface area (Å²) >= 11 is 1.52. The van der Waals surface area contributed by atoms with Crippen molar-refractivity contribution in [3.63, 3.8) is 0 Å². The zero-order valence-corrected chi connectivity index (χ0v) is 10.2. The van der Waals surface area contributed by atoms with Crippen LogP contribution in [0, 0.1) is 3.69 Å². The van der Waals surface area contributed by atoms with E-state index in [1.165, 1.54) is 5.32 Å². The van der Waals surface area contributed by atoms with E-state index in [2.05, 4.69) is 17.1 Å². The molecule has 0 fully saturated rings. The van der Waals surface area contributed by atoms with Gasteiger partial charge >= 0.3 is 79.6 Å². The molecule has 0 amide bonds. The predicted molar refractivity (Wildman–Crippen MR) is 49.6 cm³/mol. The van der Waals surface area contributed by atoms with E-state index in [1.54, 1.807) is 18.6 Å². The first-order chi connectivity index (χ1) is 5.45. The third kappa shape index (κ3) is 0.897. The van der Waals surface area contributed by atoms with Gasteiger partial charge in [-0.3, -0.25) is 0 Å². The van der Waals surface area contributed by atoms with Crippen molar-refractivity contribution in [1.29, 1.82) is 0 Å². The molecule has 0 aliphatic carbocycles. The third-order valence-electron chi connectivity index (χ3n) is 1.92. The topological polar surface area (TPSA) is 0 Å². The molecule has 0 saturated heterocycles. The second-order valence-corrected chi connectivity index (χ2v) is 8.73. The fourth-order valence-corrected chi connectivity index (χ4v) is 8.88. The Bertz CT molecular complexity index is 453. The fraction of sp³-hybridized carbons (Fsp3) is 0.125. The summed E-state index contributed by atoms with van der Waals surface area (Å²) in [4.78, 5) is 2.38. The van der Waals surface area contributed by atoms with Gasteiger partial charge in [-0.1, -0.05) is 0 Å². The molecule has 3 rings (SSSR count). The molecule has 0 aromatic carbocycles. The number of allylic oxidation sites excluding steroid dienone is 2. The van der Waals surface area contributed by atoms with E-state index in [0.29, 0.717) is 0 Å². The average molecular weight is 287 g/mol. The summed E-state index contributed by atoms with van der Waals surface area (Å²) in [6.45, 7) is 0. The molecule has 1 aromatic rings. The molecule has 11 heavy (non-hydrogen) atoms. The van der Waals surface area contributed by atoms with Crippen LogP contribution in [0.1, 0.15) is 0 Å². The monoisotopic (exact) mass is 289 g/mol. The minimum absolute atomic E-state index is 0.724. The second kappa shape index (κ2) is 2.41. The first-order valence-electron chi connectivity index (χ1n) is 3.50. The normalized spacial score (nSPS) is 19.3. The molecule has 3 heterocycles. The van der Waals surface area contributed by atoms with Crippen LogP contribution in [0.15, 0.2) is 22.3 Å². The predicted octanol–water partition coefficient (Wildman–Crippen LogP) is -0.160. The molecular weight excluding hydrogens is 282 g/mol. The maximum absolute atomic E-state index is 2.47. The Morgan fingerprint density at radius 1 is 1.45 bits per heavy atom. The van der Waals surface area contributed by atoms with Crippen LogP contribution in [0.4, 0.5) is 0 Å². The molecule has 2 aliphatic heterocycles. The number of rotatable bonds is 0. The van der Waals surface area contributed by atoms with Crippen LogP contribution in [0.5, 0.6) is 0 Å². The Hall–Kier alpha value is 0.346. The molecule has 2 aliphatic rings. The van der Waals surface area contributed by atoms with Crippen molar-refractivity contribution in [2.24, 2.45) is 0 Å². The van der Waals surface area contributed by atoms with Crippen molar-refractivity contribution in [2.45, 2.75) is 5.32 Å². The summed E-state index contributed by atoms with van der Waals surface area (Å²) in [5.41, 5.74) is 0. The van der Waals surface area contributed by atoms with Gasteiger partial charge in [0.1, 0.15) is 0 Å². The van der Waals surface area contributed by atoms with Gasteiger partial charge in [-0.25, -0.2) is 0 Å². The molecule has 0 spiro atoms. The van der Waals surface area contributed by atoms with Crippen LogP contribution in [0.3, 0.4) is 0 Å². The van der Waals surface area contributed by atoms with Gasteiger partial charge in [-0.2, -0.15) is 0 Å². The van der Waals surface area contributed by atoms with Crippen LogP contribution in [0.2, 0.25) is 5.32 Å². The van der Waals surface area contributed by atoms with Crippen molar-refractivity contribution in [3.8, 4) is 0 Å². The van der Waals surface area contributed by atoms with Crippen molar-refractivity contribution in [3.05, 3.63) is 31.2 Å². The molecule has 0 nitrogen and oxygen atoms in total. The van der Waals surface area contributed by atoms with E-state index in [0.717, 1.165) is 38.6 Å². The Kier molecular flexibility index (Phi) is 1.50. The summed E-state index contributed by atoms with van der Waals surface area (Å²) in [6, 6.07) is 2.37. The molecule has 1 aromatic heterocycles. The Labute approximate surface area is 79.4 Å². The van der Waals surface area contributed by atoms with Crippen LogP contribution in [0.25, 0.3) is 4.47 Å². The SMILES string of the molecule is C1=C2[Si]=c3[se]ccc3=C2[Se]C1. The molecule has 0 unspecified atom stereocenters.